The maximum Gasteiger partial charge on any atom is 0.225 e. The fourth-order valence-electron chi connectivity index (χ4n) is 2.39. The summed E-state index contributed by atoms with van der Waals surface area (Å²) in [5.41, 5.74) is 0.103. The minimum Gasteiger partial charge on any atom is -0.394 e. The largest absolute Gasteiger partial charge is 0.394 e. The van der Waals surface area contributed by atoms with Crippen molar-refractivity contribution in [1.82, 2.24) is 4.90 Å². The number of aliphatic hydroxyl groups excluding tert-OH is 1. The number of anilines is 1. The molecule has 22 heavy (non-hydrogen) atoms. The lowest BCUT2D eigenvalue weighted by Gasteiger charge is -2.37. The van der Waals surface area contributed by atoms with Crippen molar-refractivity contribution in [3.05, 3.63) is 29.8 Å². The van der Waals surface area contributed by atoms with Crippen LogP contribution in [0.1, 0.15) is 13.3 Å². The average molecular weight is 314 g/mol. The zero-order valence-corrected chi connectivity index (χ0v) is 12.4. The Morgan fingerprint density at radius 1 is 1.41 bits per heavy atom. The van der Waals surface area contributed by atoms with Gasteiger partial charge in [0, 0.05) is 37.3 Å². The summed E-state index contributed by atoms with van der Waals surface area (Å²) in [5.74, 6) is -1.78. The summed E-state index contributed by atoms with van der Waals surface area (Å²) in [4.78, 5) is 13.9. The van der Waals surface area contributed by atoms with Gasteiger partial charge in [0.05, 0.1) is 19.3 Å². The molecule has 1 aromatic carbocycles. The van der Waals surface area contributed by atoms with Gasteiger partial charge in [0.1, 0.15) is 11.6 Å². The molecule has 0 aliphatic carbocycles. The van der Waals surface area contributed by atoms with Crippen molar-refractivity contribution in [3.63, 3.8) is 0 Å². The Morgan fingerprint density at radius 3 is 2.73 bits per heavy atom. The molecule has 1 aromatic rings. The van der Waals surface area contributed by atoms with E-state index in [1.54, 1.807) is 0 Å². The van der Waals surface area contributed by atoms with Gasteiger partial charge in [-0.3, -0.25) is 9.69 Å². The van der Waals surface area contributed by atoms with Crippen LogP contribution >= 0.6 is 0 Å². The molecule has 2 atom stereocenters. The number of amides is 1. The van der Waals surface area contributed by atoms with E-state index in [4.69, 9.17) is 9.84 Å². The van der Waals surface area contributed by atoms with Crippen LogP contribution in [-0.4, -0.2) is 54.4 Å². The molecule has 1 aliphatic heterocycles. The second-order valence-corrected chi connectivity index (χ2v) is 5.44. The van der Waals surface area contributed by atoms with Gasteiger partial charge in [-0.2, -0.15) is 0 Å². The van der Waals surface area contributed by atoms with Crippen molar-refractivity contribution < 1.29 is 23.4 Å². The van der Waals surface area contributed by atoms with Crippen molar-refractivity contribution in [2.75, 3.05) is 31.6 Å². The molecule has 0 aromatic heterocycles. The molecule has 2 unspecified atom stereocenters. The predicted molar refractivity (Wildman–Crippen MR) is 77.5 cm³/mol. The number of hydrogen-bond donors (Lipinski definition) is 2. The molecule has 0 spiro atoms. The number of rotatable bonds is 5. The number of aliphatic hydroxyl groups is 1. The summed E-state index contributed by atoms with van der Waals surface area (Å²) >= 11 is 0. The van der Waals surface area contributed by atoms with E-state index in [1.807, 2.05) is 6.92 Å². The van der Waals surface area contributed by atoms with Gasteiger partial charge in [0.15, 0.2) is 0 Å². The van der Waals surface area contributed by atoms with Gasteiger partial charge in [-0.1, -0.05) is 0 Å². The highest BCUT2D eigenvalue weighted by molar-refractivity contribution is 5.90. The Balaban J connectivity index is 1.84. The molecule has 5 nitrogen and oxygen atoms in total. The van der Waals surface area contributed by atoms with Crippen LogP contribution in [0, 0.1) is 11.6 Å². The zero-order valence-electron chi connectivity index (χ0n) is 12.4. The van der Waals surface area contributed by atoms with E-state index in [0.29, 0.717) is 19.7 Å². The van der Waals surface area contributed by atoms with Gasteiger partial charge < -0.3 is 15.2 Å². The van der Waals surface area contributed by atoms with E-state index in [1.165, 1.54) is 0 Å². The molecule has 0 bridgehead atoms. The maximum atomic E-state index is 13.1. The van der Waals surface area contributed by atoms with E-state index in [2.05, 4.69) is 10.2 Å². The molecule has 2 N–H and O–H groups in total. The Labute approximate surface area is 127 Å². The quantitative estimate of drug-likeness (QED) is 0.862. The van der Waals surface area contributed by atoms with E-state index in [9.17, 15) is 13.6 Å². The number of nitrogens with zero attached hydrogens (tertiary/aromatic N) is 1. The number of morpholine rings is 1. The Morgan fingerprint density at radius 2 is 2.09 bits per heavy atom. The van der Waals surface area contributed by atoms with Gasteiger partial charge in [-0.15, -0.1) is 0 Å². The molecule has 0 saturated carbocycles. The predicted octanol–water partition coefficient (Wildman–Crippen LogP) is 1.37. The van der Waals surface area contributed by atoms with Crippen LogP contribution in [-0.2, 0) is 9.53 Å². The summed E-state index contributed by atoms with van der Waals surface area (Å²) < 4.78 is 31.5. The maximum absolute atomic E-state index is 13.1. The monoisotopic (exact) mass is 314 g/mol. The Kier molecular flexibility index (Phi) is 5.82. The summed E-state index contributed by atoms with van der Waals surface area (Å²) in [6, 6.07) is 3.04. The first-order chi connectivity index (χ1) is 10.5. The van der Waals surface area contributed by atoms with Crippen molar-refractivity contribution >= 4 is 11.6 Å². The number of carbonyl (C=O) groups excluding carboxylic acids is 1. The Bertz CT molecular complexity index is 507. The third kappa shape index (κ3) is 4.72. The van der Waals surface area contributed by atoms with Crippen molar-refractivity contribution in [1.29, 1.82) is 0 Å². The minimum atomic E-state index is -0.733. The topological polar surface area (TPSA) is 61.8 Å². The van der Waals surface area contributed by atoms with Crippen LogP contribution in [0.15, 0.2) is 18.2 Å². The highest BCUT2D eigenvalue weighted by atomic mass is 19.1. The highest BCUT2D eigenvalue weighted by Gasteiger charge is 2.25. The first-order valence-electron chi connectivity index (χ1n) is 7.20. The summed E-state index contributed by atoms with van der Waals surface area (Å²) in [5, 5.41) is 11.6. The number of nitrogens with one attached hydrogen (secondary N) is 1. The van der Waals surface area contributed by atoms with E-state index in [-0.39, 0.29) is 36.8 Å². The number of hydrogen-bond acceptors (Lipinski definition) is 4. The van der Waals surface area contributed by atoms with Gasteiger partial charge in [-0.05, 0) is 19.1 Å². The molecule has 1 heterocycles. The zero-order chi connectivity index (χ0) is 16.1. The van der Waals surface area contributed by atoms with Crippen molar-refractivity contribution in [2.45, 2.75) is 25.5 Å². The minimum absolute atomic E-state index is 0.0576. The molecule has 0 radical (unpaired) electrons. The van der Waals surface area contributed by atoms with Crippen molar-refractivity contribution in [3.8, 4) is 0 Å². The fourth-order valence-corrected chi connectivity index (χ4v) is 2.39. The lowest BCUT2D eigenvalue weighted by Crippen LogP contribution is -2.50. The van der Waals surface area contributed by atoms with Crippen LogP contribution in [0.2, 0.25) is 0 Å². The van der Waals surface area contributed by atoms with Crippen LogP contribution in [0.4, 0.5) is 14.5 Å². The molecule has 122 valence electrons. The van der Waals surface area contributed by atoms with Crippen LogP contribution in [0.3, 0.4) is 0 Å². The lowest BCUT2D eigenvalue weighted by atomic mass is 10.2. The summed E-state index contributed by atoms with van der Waals surface area (Å²) in [7, 11) is 0. The molecule has 1 fully saturated rings. The van der Waals surface area contributed by atoms with E-state index >= 15 is 0 Å². The standard InChI is InChI=1S/C15H20F2N2O3/c1-10-9-22-14(8-20)7-19(10)3-2-15(21)18-13-5-11(16)4-12(17)6-13/h4-6,10,14,20H,2-3,7-9H2,1H3,(H,18,21). The molecular weight excluding hydrogens is 294 g/mol. The first-order valence-corrected chi connectivity index (χ1v) is 7.20. The van der Waals surface area contributed by atoms with Crippen LogP contribution < -0.4 is 5.32 Å². The molecule has 7 heteroatoms. The number of benzene rings is 1. The van der Waals surface area contributed by atoms with E-state index < -0.39 is 11.6 Å². The van der Waals surface area contributed by atoms with Gasteiger partial charge in [0.2, 0.25) is 5.91 Å². The number of carbonyl (C=O) groups is 1. The molecule has 1 aliphatic rings. The highest BCUT2D eigenvalue weighted by Crippen LogP contribution is 2.14. The smallest absolute Gasteiger partial charge is 0.225 e. The van der Waals surface area contributed by atoms with Gasteiger partial charge in [0.25, 0.3) is 0 Å². The number of halogens is 2. The molecule has 2 rings (SSSR count). The van der Waals surface area contributed by atoms with Crippen LogP contribution in [0.5, 0.6) is 0 Å². The average Bonchev–Trinajstić information content (AvgIpc) is 2.45. The lowest BCUT2D eigenvalue weighted by molar-refractivity contribution is -0.118. The second-order valence-electron chi connectivity index (χ2n) is 5.44. The Hall–Kier alpha value is -1.57. The summed E-state index contributed by atoms with van der Waals surface area (Å²) in [6.07, 6.45) is -0.0442. The molecule has 1 saturated heterocycles. The fraction of sp³-hybridized carbons (Fsp3) is 0.533. The van der Waals surface area contributed by atoms with E-state index in [0.717, 1.165) is 18.2 Å². The van der Waals surface area contributed by atoms with Gasteiger partial charge in [-0.25, -0.2) is 8.78 Å². The van der Waals surface area contributed by atoms with Crippen LogP contribution in [0.25, 0.3) is 0 Å². The third-order valence-electron chi connectivity index (χ3n) is 3.61. The van der Waals surface area contributed by atoms with Gasteiger partial charge >= 0.3 is 0 Å². The SMILES string of the molecule is CC1COC(CO)CN1CCC(=O)Nc1cc(F)cc(F)c1. The molecule has 1 amide bonds. The molecular formula is C15H20F2N2O3. The third-order valence-corrected chi connectivity index (χ3v) is 3.61. The van der Waals surface area contributed by atoms with Crippen molar-refractivity contribution in [2.24, 2.45) is 0 Å². The number of ether oxygens (including phenoxy) is 1. The first kappa shape index (κ1) is 16.8. The summed E-state index contributed by atoms with van der Waals surface area (Å²) in [6.45, 7) is 3.47. The second kappa shape index (κ2) is 7.62. The normalized spacial score (nSPS) is 22.5.